The van der Waals surface area contributed by atoms with Crippen LogP contribution < -0.4 is 5.73 Å². The van der Waals surface area contributed by atoms with Crippen molar-refractivity contribution in [2.24, 2.45) is 17.6 Å². The minimum Gasteiger partial charge on any atom is -0.446 e. The molecule has 0 spiro atoms. The SMILES string of the molecule is COCOC(CC(C)C)(c1ccccc1I)C1CC1OC(N)=O. The van der Waals surface area contributed by atoms with E-state index in [1.165, 1.54) is 0 Å². The third-order valence-corrected chi connectivity index (χ3v) is 5.01. The summed E-state index contributed by atoms with van der Waals surface area (Å²) in [5.41, 5.74) is 5.76. The van der Waals surface area contributed by atoms with Gasteiger partial charge in [-0.05, 0) is 53.0 Å². The van der Waals surface area contributed by atoms with Gasteiger partial charge in [-0.15, -0.1) is 0 Å². The van der Waals surface area contributed by atoms with Crippen LogP contribution in [0.5, 0.6) is 0 Å². The molecule has 0 radical (unpaired) electrons. The fourth-order valence-electron chi connectivity index (χ4n) is 3.22. The lowest BCUT2D eigenvalue weighted by Gasteiger charge is -2.37. The number of ether oxygens (including phenoxy) is 3. The second kappa shape index (κ2) is 7.81. The van der Waals surface area contributed by atoms with E-state index >= 15 is 0 Å². The van der Waals surface area contributed by atoms with Crippen LogP contribution in [0, 0.1) is 15.4 Å². The normalized spacial score (nSPS) is 22.7. The smallest absolute Gasteiger partial charge is 0.404 e. The number of rotatable bonds is 8. The zero-order valence-corrected chi connectivity index (χ0v) is 15.9. The first-order valence-corrected chi connectivity index (χ1v) is 8.82. The van der Waals surface area contributed by atoms with Crippen LogP contribution in [0.1, 0.15) is 32.3 Å². The molecule has 3 atom stereocenters. The summed E-state index contributed by atoms with van der Waals surface area (Å²) in [6, 6.07) is 8.16. The molecule has 1 saturated carbocycles. The minimum absolute atomic E-state index is 0.0865. The summed E-state index contributed by atoms with van der Waals surface area (Å²) in [5.74, 6) is 0.501. The topological polar surface area (TPSA) is 70.8 Å². The molecule has 1 aromatic rings. The Hall–Kier alpha value is -0.860. The number of methoxy groups -OCH3 is 1. The average Bonchev–Trinajstić information content (AvgIpc) is 3.22. The molecule has 3 unspecified atom stereocenters. The van der Waals surface area contributed by atoms with E-state index in [-0.39, 0.29) is 18.8 Å². The van der Waals surface area contributed by atoms with E-state index in [2.05, 4.69) is 48.6 Å². The number of hydrogen-bond donors (Lipinski definition) is 1. The molecule has 0 aromatic heterocycles. The van der Waals surface area contributed by atoms with E-state index in [0.717, 1.165) is 22.0 Å². The quantitative estimate of drug-likeness (QED) is 0.502. The molecule has 0 bridgehead atoms. The molecule has 2 N–H and O–H groups in total. The lowest BCUT2D eigenvalue weighted by Crippen LogP contribution is -2.37. The molecule has 5 nitrogen and oxygen atoms in total. The van der Waals surface area contributed by atoms with E-state index < -0.39 is 11.7 Å². The van der Waals surface area contributed by atoms with Crippen LogP contribution in [-0.2, 0) is 19.8 Å². The lowest BCUT2D eigenvalue weighted by atomic mass is 9.81. The van der Waals surface area contributed by atoms with Crippen molar-refractivity contribution >= 4 is 28.7 Å². The molecule has 1 aliphatic rings. The average molecular weight is 433 g/mol. The van der Waals surface area contributed by atoms with Crippen LogP contribution >= 0.6 is 22.6 Å². The largest absolute Gasteiger partial charge is 0.446 e. The van der Waals surface area contributed by atoms with E-state index in [9.17, 15) is 4.79 Å². The van der Waals surface area contributed by atoms with Crippen molar-refractivity contribution in [1.29, 1.82) is 0 Å². The predicted molar refractivity (Wildman–Crippen MR) is 95.8 cm³/mol. The summed E-state index contributed by atoms with van der Waals surface area (Å²) in [5, 5.41) is 0. The zero-order valence-electron chi connectivity index (χ0n) is 13.8. The summed E-state index contributed by atoms with van der Waals surface area (Å²) >= 11 is 2.32. The Morgan fingerprint density at radius 2 is 2.13 bits per heavy atom. The molecule has 6 heteroatoms. The lowest BCUT2D eigenvalue weighted by molar-refractivity contribution is -0.159. The van der Waals surface area contributed by atoms with Gasteiger partial charge in [-0.3, -0.25) is 0 Å². The summed E-state index contributed by atoms with van der Waals surface area (Å²) in [6.45, 7) is 4.51. The van der Waals surface area contributed by atoms with Gasteiger partial charge in [0.1, 0.15) is 18.5 Å². The van der Waals surface area contributed by atoms with Gasteiger partial charge >= 0.3 is 6.09 Å². The first-order chi connectivity index (χ1) is 10.9. The number of halogens is 1. The van der Waals surface area contributed by atoms with Crippen molar-refractivity contribution < 1.29 is 19.0 Å². The number of nitrogens with two attached hydrogens (primary N) is 1. The zero-order chi connectivity index (χ0) is 17.0. The van der Waals surface area contributed by atoms with Crippen LogP contribution in [0.3, 0.4) is 0 Å². The van der Waals surface area contributed by atoms with Crippen molar-refractivity contribution in [2.45, 2.75) is 38.4 Å². The van der Waals surface area contributed by atoms with Crippen molar-refractivity contribution in [3.8, 4) is 0 Å². The Labute approximate surface area is 151 Å². The highest BCUT2D eigenvalue weighted by atomic mass is 127. The Kier molecular flexibility index (Phi) is 6.27. The Bertz CT molecular complexity index is 551. The van der Waals surface area contributed by atoms with E-state index in [4.69, 9.17) is 19.9 Å². The van der Waals surface area contributed by atoms with Crippen LogP contribution in [-0.4, -0.2) is 26.1 Å². The molecule has 0 saturated heterocycles. The van der Waals surface area contributed by atoms with Crippen molar-refractivity contribution in [1.82, 2.24) is 0 Å². The number of amides is 1. The molecular weight excluding hydrogens is 409 g/mol. The number of hydrogen-bond acceptors (Lipinski definition) is 4. The van der Waals surface area contributed by atoms with E-state index in [0.29, 0.717) is 5.92 Å². The summed E-state index contributed by atoms with van der Waals surface area (Å²) in [6.07, 6.45) is 0.647. The van der Waals surface area contributed by atoms with Gasteiger partial charge in [-0.1, -0.05) is 32.0 Å². The molecule has 128 valence electrons. The number of benzene rings is 1. The highest BCUT2D eigenvalue weighted by Crippen LogP contribution is 2.54. The van der Waals surface area contributed by atoms with Gasteiger partial charge in [0.05, 0.1) is 0 Å². The monoisotopic (exact) mass is 433 g/mol. The van der Waals surface area contributed by atoms with Crippen LogP contribution in [0.4, 0.5) is 4.79 Å². The molecule has 1 aromatic carbocycles. The Balaban J connectivity index is 2.39. The molecule has 0 heterocycles. The molecule has 2 rings (SSSR count). The molecule has 1 aliphatic carbocycles. The van der Waals surface area contributed by atoms with Crippen LogP contribution in [0.2, 0.25) is 0 Å². The maximum Gasteiger partial charge on any atom is 0.404 e. The van der Waals surface area contributed by atoms with Gasteiger partial charge in [-0.2, -0.15) is 0 Å². The highest BCUT2D eigenvalue weighted by Gasteiger charge is 2.57. The third-order valence-electron chi connectivity index (χ3n) is 4.07. The van der Waals surface area contributed by atoms with Gasteiger partial charge in [0, 0.05) is 16.6 Å². The van der Waals surface area contributed by atoms with Gasteiger partial charge < -0.3 is 19.9 Å². The fourth-order valence-corrected chi connectivity index (χ4v) is 4.07. The van der Waals surface area contributed by atoms with Gasteiger partial charge in [0.15, 0.2) is 0 Å². The second-order valence-electron chi connectivity index (χ2n) is 6.34. The maximum absolute atomic E-state index is 11.1. The number of primary amides is 1. The van der Waals surface area contributed by atoms with E-state index in [1.807, 2.05) is 12.1 Å². The van der Waals surface area contributed by atoms with Crippen molar-refractivity contribution in [3.05, 3.63) is 33.4 Å². The Morgan fingerprint density at radius 1 is 1.43 bits per heavy atom. The first-order valence-electron chi connectivity index (χ1n) is 7.74. The van der Waals surface area contributed by atoms with Crippen molar-refractivity contribution in [3.63, 3.8) is 0 Å². The molecular formula is C17H24INO4. The molecule has 1 amide bonds. The van der Waals surface area contributed by atoms with Crippen LogP contribution in [0.25, 0.3) is 0 Å². The Morgan fingerprint density at radius 3 is 2.70 bits per heavy atom. The first kappa shape index (κ1) is 18.5. The number of carbonyl (C=O) groups excluding carboxylic acids is 1. The minimum atomic E-state index is -0.731. The summed E-state index contributed by atoms with van der Waals surface area (Å²) in [7, 11) is 1.61. The standard InChI is InChI=1S/C17H24INO4/c1-11(2)9-17(22-10-21-3,12-6-4-5-7-14(12)18)13-8-15(13)23-16(19)20/h4-7,11,13,15H,8-10H2,1-3H3,(H2,19,20). The van der Waals surface area contributed by atoms with Crippen molar-refractivity contribution in [2.75, 3.05) is 13.9 Å². The summed E-state index contributed by atoms with van der Waals surface area (Å²) < 4.78 is 17.8. The predicted octanol–water partition coefficient (Wildman–Crippen LogP) is 3.64. The molecule has 1 fully saturated rings. The van der Waals surface area contributed by atoms with Gasteiger partial charge in [-0.25, -0.2) is 4.79 Å². The van der Waals surface area contributed by atoms with Gasteiger partial charge in [0.25, 0.3) is 0 Å². The van der Waals surface area contributed by atoms with Gasteiger partial charge in [0.2, 0.25) is 0 Å². The summed E-state index contributed by atoms with van der Waals surface area (Å²) in [4.78, 5) is 11.1. The highest BCUT2D eigenvalue weighted by molar-refractivity contribution is 14.1. The molecule has 23 heavy (non-hydrogen) atoms. The third kappa shape index (κ3) is 4.36. The van der Waals surface area contributed by atoms with Crippen LogP contribution in [0.15, 0.2) is 24.3 Å². The maximum atomic E-state index is 11.1. The molecule has 0 aliphatic heterocycles. The van der Waals surface area contributed by atoms with E-state index in [1.54, 1.807) is 7.11 Å². The number of carbonyl (C=O) groups is 1. The second-order valence-corrected chi connectivity index (χ2v) is 7.50. The fraction of sp³-hybridized carbons (Fsp3) is 0.588.